The van der Waals surface area contributed by atoms with Gasteiger partial charge in [0.25, 0.3) is 0 Å². The van der Waals surface area contributed by atoms with Crippen LogP contribution in [0.25, 0.3) is 0 Å². The van der Waals surface area contributed by atoms with Crippen LogP contribution in [0.5, 0.6) is 0 Å². The Hall–Kier alpha value is 0.270. The van der Waals surface area contributed by atoms with Crippen LogP contribution >= 0.6 is 11.8 Å². The van der Waals surface area contributed by atoms with Gasteiger partial charge >= 0.3 is 0 Å². The van der Waals surface area contributed by atoms with Gasteiger partial charge in [-0.05, 0) is 32.7 Å². The molecule has 0 radical (unpaired) electrons. The Balaban J connectivity index is 1.62. The molecule has 1 N–H and O–H groups in total. The summed E-state index contributed by atoms with van der Waals surface area (Å²) in [6.07, 6.45) is 4.13. The second-order valence-corrected chi connectivity index (χ2v) is 6.59. The molecule has 15 heavy (non-hydrogen) atoms. The van der Waals surface area contributed by atoms with Crippen LogP contribution in [-0.4, -0.2) is 47.6 Å². The molecule has 2 unspecified atom stereocenters. The fraction of sp³-hybridized carbons (Fsp3) is 1.00. The third kappa shape index (κ3) is 3.97. The second-order valence-electron chi connectivity index (χ2n) is 5.04. The van der Waals surface area contributed by atoms with Gasteiger partial charge in [-0.1, -0.05) is 6.92 Å². The summed E-state index contributed by atoms with van der Waals surface area (Å²) in [6, 6.07) is 1.63. The standard InChI is InChI=1S/C12H24N2S/c1-10(5-6-13-12-3-4-12)14-7-8-15-11(2)9-14/h10-13H,3-9H2,1-2H3. The number of nitrogens with zero attached hydrogens (tertiary/aromatic N) is 1. The molecule has 1 saturated heterocycles. The van der Waals surface area contributed by atoms with Gasteiger partial charge in [-0.3, -0.25) is 4.90 Å². The molecule has 2 fully saturated rings. The molecule has 0 amide bonds. The van der Waals surface area contributed by atoms with Gasteiger partial charge in [-0.15, -0.1) is 0 Å². The highest BCUT2D eigenvalue weighted by Crippen LogP contribution is 2.21. The average molecular weight is 228 g/mol. The molecule has 0 spiro atoms. The first-order valence-corrected chi connectivity index (χ1v) is 7.39. The van der Waals surface area contributed by atoms with E-state index in [4.69, 9.17) is 0 Å². The lowest BCUT2D eigenvalue weighted by Crippen LogP contribution is -2.43. The summed E-state index contributed by atoms with van der Waals surface area (Å²) < 4.78 is 0. The summed E-state index contributed by atoms with van der Waals surface area (Å²) in [5, 5.41) is 4.44. The van der Waals surface area contributed by atoms with E-state index in [-0.39, 0.29) is 0 Å². The van der Waals surface area contributed by atoms with Crippen molar-refractivity contribution in [3.8, 4) is 0 Å². The number of nitrogens with one attached hydrogen (secondary N) is 1. The number of rotatable bonds is 5. The van der Waals surface area contributed by atoms with Gasteiger partial charge in [0.05, 0.1) is 0 Å². The van der Waals surface area contributed by atoms with Gasteiger partial charge in [0.15, 0.2) is 0 Å². The maximum atomic E-state index is 3.61. The van der Waals surface area contributed by atoms with Crippen LogP contribution < -0.4 is 5.32 Å². The summed E-state index contributed by atoms with van der Waals surface area (Å²) in [5.74, 6) is 1.32. The minimum atomic E-state index is 0.764. The summed E-state index contributed by atoms with van der Waals surface area (Å²) in [5.41, 5.74) is 0. The molecule has 0 aromatic carbocycles. The molecule has 2 aliphatic rings. The molecule has 0 bridgehead atoms. The molecule has 3 heteroatoms. The molecule has 1 saturated carbocycles. The lowest BCUT2D eigenvalue weighted by Gasteiger charge is -2.35. The topological polar surface area (TPSA) is 15.3 Å². The average Bonchev–Trinajstić information content (AvgIpc) is 3.01. The first-order valence-electron chi connectivity index (χ1n) is 6.34. The quantitative estimate of drug-likeness (QED) is 0.774. The third-order valence-corrected chi connectivity index (χ3v) is 4.60. The molecule has 0 aromatic rings. The van der Waals surface area contributed by atoms with Crippen molar-refractivity contribution in [1.82, 2.24) is 10.2 Å². The van der Waals surface area contributed by atoms with Crippen molar-refractivity contribution < 1.29 is 0 Å². The van der Waals surface area contributed by atoms with E-state index in [1.807, 2.05) is 0 Å². The van der Waals surface area contributed by atoms with Crippen molar-refractivity contribution in [1.29, 1.82) is 0 Å². The van der Waals surface area contributed by atoms with Crippen LogP contribution in [0, 0.1) is 0 Å². The lowest BCUT2D eigenvalue weighted by atomic mass is 10.2. The Labute approximate surface area is 98.2 Å². The molecule has 2 rings (SSSR count). The normalized spacial score (nSPS) is 30.4. The lowest BCUT2D eigenvalue weighted by molar-refractivity contribution is 0.208. The van der Waals surface area contributed by atoms with E-state index in [9.17, 15) is 0 Å². The fourth-order valence-electron chi connectivity index (χ4n) is 2.21. The largest absolute Gasteiger partial charge is 0.314 e. The van der Waals surface area contributed by atoms with E-state index in [2.05, 4.69) is 35.8 Å². The predicted molar refractivity (Wildman–Crippen MR) is 68.6 cm³/mol. The van der Waals surface area contributed by atoms with E-state index in [0.717, 1.165) is 17.3 Å². The molecular weight excluding hydrogens is 204 g/mol. The fourth-order valence-corrected chi connectivity index (χ4v) is 3.25. The van der Waals surface area contributed by atoms with Crippen molar-refractivity contribution in [3.05, 3.63) is 0 Å². The van der Waals surface area contributed by atoms with Gasteiger partial charge in [0.1, 0.15) is 0 Å². The van der Waals surface area contributed by atoms with Gasteiger partial charge in [-0.2, -0.15) is 11.8 Å². The highest BCUT2D eigenvalue weighted by molar-refractivity contribution is 7.99. The third-order valence-electron chi connectivity index (χ3n) is 3.47. The van der Waals surface area contributed by atoms with E-state index in [1.54, 1.807) is 0 Å². The van der Waals surface area contributed by atoms with E-state index >= 15 is 0 Å². The van der Waals surface area contributed by atoms with Crippen LogP contribution in [0.15, 0.2) is 0 Å². The monoisotopic (exact) mass is 228 g/mol. The molecule has 2 nitrogen and oxygen atoms in total. The van der Waals surface area contributed by atoms with Crippen molar-refractivity contribution >= 4 is 11.8 Å². The van der Waals surface area contributed by atoms with Crippen molar-refractivity contribution in [2.24, 2.45) is 0 Å². The molecule has 88 valence electrons. The van der Waals surface area contributed by atoms with Crippen LogP contribution in [0.4, 0.5) is 0 Å². The van der Waals surface area contributed by atoms with Crippen molar-refractivity contribution in [3.63, 3.8) is 0 Å². The maximum absolute atomic E-state index is 3.61. The maximum Gasteiger partial charge on any atom is 0.0147 e. The Morgan fingerprint density at radius 1 is 1.47 bits per heavy atom. The Bertz CT molecular complexity index is 194. The molecule has 0 aromatic heterocycles. The van der Waals surface area contributed by atoms with Crippen LogP contribution in [0.2, 0.25) is 0 Å². The molecule has 2 atom stereocenters. The number of hydrogen-bond acceptors (Lipinski definition) is 3. The Morgan fingerprint density at radius 2 is 2.27 bits per heavy atom. The molecule has 1 aliphatic heterocycles. The van der Waals surface area contributed by atoms with Gasteiger partial charge in [-0.25, -0.2) is 0 Å². The zero-order valence-electron chi connectivity index (χ0n) is 10.0. The summed E-state index contributed by atoms with van der Waals surface area (Å²) in [6.45, 7) is 8.53. The Morgan fingerprint density at radius 3 is 2.93 bits per heavy atom. The van der Waals surface area contributed by atoms with Crippen LogP contribution in [-0.2, 0) is 0 Å². The zero-order chi connectivity index (χ0) is 10.7. The summed E-state index contributed by atoms with van der Waals surface area (Å²) in [4.78, 5) is 2.66. The van der Waals surface area contributed by atoms with Gasteiger partial charge in [0.2, 0.25) is 0 Å². The predicted octanol–water partition coefficient (Wildman–Crippen LogP) is 1.95. The molecule has 1 aliphatic carbocycles. The number of hydrogen-bond donors (Lipinski definition) is 1. The van der Waals surface area contributed by atoms with Crippen LogP contribution in [0.1, 0.15) is 33.1 Å². The minimum absolute atomic E-state index is 0.764. The van der Waals surface area contributed by atoms with E-state index in [1.165, 1.54) is 44.6 Å². The number of thioether (sulfide) groups is 1. The summed E-state index contributed by atoms with van der Waals surface area (Å²) in [7, 11) is 0. The van der Waals surface area contributed by atoms with Crippen molar-refractivity contribution in [2.45, 2.75) is 50.4 Å². The minimum Gasteiger partial charge on any atom is -0.314 e. The van der Waals surface area contributed by atoms with Crippen molar-refractivity contribution in [2.75, 3.05) is 25.4 Å². The second kappa shape index (κ2) is 5.55. The van der Waals surface area contributed by atoms with E-state index in [0.29, 0.717) is 0 Å². The molecular formula is C12H24N2S. The SMILES string of the molecule is CC1CN(C(C)CCNC2CC2)CCS1. The van der Waals surface area contributed by atoms with Gasteiger partial charge < -0.3 is 5.32 Å². The summed E-state index contributed by atoms with van der Waals surface area (Å²) >= 11 is 2.12. The smallest absolute Gasteiger partial charge is 0.0147 e. The first-order chi connectivity index (χ1) is 7.25. The highest BCUT2D eigenvalue weighted by Gasteiger charge is 2.23. The Kier molecular flexibility index (Phi) is 4.35. The van der Waals surface area contributed by atoms with Gasteiger partial charge in [0, 0.05) is 36.2 Å². The molecule has 1 heterocycles. The van der Waals surface area contributed by atoms with Crippen LogP contribution in [0.3, 0.4) is 0 Å². The highest BCUT2D eigenvalue weighted by atomic mass is 32.2. The zero-order valence-corrected chi connectivity index (χ0v) is 10.9. The van der Waals surface area contributed by atoms with E-state index < -0.39 is 0 Å². The first kappa shape index (κ1) is 11.7.